The lowest BCUT2D eigenvalue weighted by Crippen LogP contribution is -2.40. The summed E-state index contributed by atoms with van der Waals surface area (Å²) < 4.78 is 12.9. The summed E-state index contributed by atoms with van der Waals surface area (Å²) in [7, 11) is 1.67. The van der Waals surface area contributed by atoms with Gasteiger partial charge in [-0.3, -0.25) is 9.59 Å². The van der Waals surface area contributed by atoms with Crippen molar-refractivity contribution in [1.29, 1.82) is 0 Å². The van der Waals surface area contributed by atoms with E-state index in [9.17, 15) is 9.59 Å². The van der Waals surface area contributed by atoms with Crippen LogP contribution in [0.25, 0.3) is 22.0 Å². The van der Waals surface area contributed by atoms with Crippen LogP contribution in [0.2, 0.25) is 0 Å². The molecule has 0 atom stereocenters. The molecule has 1 aromatic carbocycles. The van der Waals surface area contributed by atoms with Crippen molar-refractivity contribution < 1.29 is 19.1 Å². The highest BCUT2D eigenvalue weighted by Gasteiger charge is 2.32. The zero-order chi connectivity index (χ0) is 26.6. The third-order valence-corrected chi connectivity index (χ3v) is 8.86. The first-order valence-electron chi connectivity index (χ1n) is 13.8. The van der Waals surface area contributed by atoms with Crippen LogP contribution in [0.1, 0.15) is 74.0 Å². The summed E-state index contributed by atoms with van der Waals surface area (Å²) in [6.07, 6.45) is 7.23. The number of ether oxygens (including phenoxy) is 2. The van der Waals surface area contributed by atoms with Gasteiger partial charge in [0.05, 0.1) is 36.6 Å². The molecule has 202 valence electrons. The average Bonchev–Trinajstić information content (AvgIpc) is 3.58. The number of esters is 1. The summed E-state index contributed by atoms with van der Waals surface area (Å²) in [5.74, 6) is 0.611. The number of likely N-dealkylation sites (tertiary alicyclic amines) is 1. The van der Waals surface area contributed by atoms with Gasteiger partial charge < -0.3 is 18.9 Å². The van der Waals surface area contributed by atoms with Gasteiger partial charge >= 0.3 is 5.97 Å². The minimum absolute atomic E-state index is 0.0474. The fourth-order valence-corrected chi connectivity index (χ4v) is 6.67. The second-order valence-corrected chi connectivity index (χ2v) is 11.1. The maximum Gasteiger partial charge on any atom is 0.309 e. The first kappa shape index (κ1) is 26.5. The normalized spacial score (nSPS) is 17.0. The van der Waals surface area contributed by atoms with E-state index in [-0.39, 0.29) is 17.8 Å². The number of amides is 1. The van der Waals surface area contributed by atoms with Gasteiger partial charge in [-0.1, -0.05) is 19.3 Å². The number of thiazole rings is 1. The maximum absolute atomic E-state index is 13.8. The van der Waals surface area contributed by atoms with E-state index >= 15 is 0 Å². The highest BCUT2D eigenvalue weighted by Crippen LogP contribution is 2.38. The first-order chi connectivity index (χ1) is 18.5. The Bertz CT molecular complexity index is 1270. The van der Waals surface area contributed by atoms with Gasteiger partial charge in [0.2, 0.25) is 0 Å². The monoisotopic (exact) mass is 535 g/mol. The number of hydrogen-bond donors (Lipinski definition) is 0. The van der Waals surface area contributed by atoms with Gasteiger partial charge in [-0.25, -0.2) is 4.98 Å². The van der Waals surface area contributed by atoms with Crippen LogP contribution < -0.4 is 4.74 Å². The largest absolute Gasteiger partial charge is 0.497 e. The van der Waals surface area contributed by atoms with Crippen molar-refractivity contribution in [2.45, 2.75) is 64.8 Å². The molecule has 7 nitrogen and oxygen atoms in total. The summed E-state index contributed by atoms with van der Waals surface area (Å²) in [6, 6.07) is 10.4. The Morgan fingerprint density at radius 3 is 2.42 bits per heavy atom. The third-order valence-electron chi connectivity index (χ3n) is 7.97. The van der Waals surface area contributed by atoms with Crippen molar-refractivity contribution in [1.82, 2.24) is 14.5 Å². The van der Waals surface area contributed by atoms with Gasteiger partial charge in [0.25, 0.3) is 5.91 Å². The molecule has 0 unspecified atom stereocenters. The maximum atomic E-state index is 13.8. The van der Waals surface area contributed by atoms with E-state index in [1.807, 2.05) is 36.1 Å². The quantitative estimate of drug-likeness (QED) is 0.322. The molecule has 2 aromatic heterocycles. The van der Waals surface area contributed by atoms with Crippen molar-refractivity contribution in [2.75, 3.05) is 26.8 Å². The number of nitrogens with zero attached hydrogens (tertiary/aromatic N) is 3. The van der Waals surface area contributed by atoms with Crippen LogP contribution in [0.3, 0.4) is 0 Å². The zero-order valence-corrected chi connectivity index (χ0v) is 23.4. The Morgan fingerprint density at radius 1 is 1.05 bits per heavy atom. The van der Waals surface area contributed by atoms with Crippen molar-refractivity contribution in [2.24, 2.45) is 5.92 Å². The smallest absolute Gasteiger partial charge is 0.309 e. The predicted molar refractivity (Wildman–Crippen MR) is 150 cm³/mol. The molecule has 1 aliphatic heterocycles. The van der Waals surface area contributed by atoms with E-state index in [0.717, 1.165) is 51.8 Å². The number of hydrogen-bond acceptors (Lipinski definition) is 6. The van der Waals surface area contributed by atoms with Crippen molar-refractivity contribution in [3.63, 3.8) is 0 Å². The van der Waals surface area contributed by atoms with Gasteiger partial charge in [-0.2, -0.15) is 0 Å². The number of rotatable bonds is 7. The van der Waals surface area contributed by atoms with Gasteiger partial charge in [0, 0.05) is 35.8 Å². The lowest BCUT2D eigenvalue weighted by Gasteiger charge is -2.31. The fourth-order valence-electron chi connectivity index (χ4n) is 5.85. The molecule has 3 heterocycles. The summed E-state index contributed by atoms with van der Waals surface area (Å²) in [5, 5.41) is 3.05. The molecule has 3 aromatic rings. The van der Waals surface area contributed by atoms with Gasteiger partial charge in [0.1, 0.15) is 10.8 Å². The van der Waals surface area contributed by atoms with Crippen molar-refractivity contribution in [3.05, 3.63) is 47.0 Å². The fraction of sp³-hybridized carbons (Fsp3) is 0.500. The Labute approximate surface area is 228 Å². The molecule has 1 saturated carbocycles. The molecule has 2 fully saturated rings. The Kier molecular flexibility index (Phi) is 8.17. The van der Waals surface area contributed by atoms with E-state index < -0.39 is 0 Å². The van der Waals surface area contributed by atoms with Crippen LogP contribution in [-0.2, 0) is 9.53 Å². The summed E-state index contributed by atoms with van der Waals surface area (Å²) >= 11 is 1.62. The number of methoxy groups -OCH3 is 1. The van der Waals surface area contributed by atoms with Crippen LogP contribution in [0.5, 0.6) is 5.75 Å². The number of carbonyl (C=O) groups excluding carboxylic acids is 2. The Balaban J connectivity index is 1.43. The van der Waals surface area contributed by atoms with Crippen LogP contribution in [-0.4, -0.2) is 53.1 Å². The number of aromatic nitrogens is 2. The highest BCUT2D eigenvalue weighted by atomic mass is 32.1. The highest BCUT2D eigenvalue weighted by molar-refractivity contribution is 7.13. The predicted octanol–water partition coefficient (Wildman–Crippen LogP) is 6.52. The molecule has 1 aliphatic carbocycles. The van der Waals surface area contributed by atoms with E-state index in [1.54, 1.807) is 18.4 Å². The molecule has 0 N–H and O–H groups in total. The standard InChI is InChI=1S/C30H37N3O4S/c1-4-37-30(35)22-14-16-32(17-15-22)29(34)25-18-27(33(20(25)2)23-8-6-5-7-9-23)26-19-38-28(31-26)21-10-12-24(36-3)13-11-21/h10-13,18-19,22-23H,4-9,14-17H2,1-3H3. The lowest BCUT2D eigenvalue weighted by molar-refractivity contribution is -0.149. The van der Waals surface area contributed by atoms with Crippen LogP contribution in [0, 0.1) is 12.8 Å². The van der Waals surface area contributed by atoms with E-state index in [4.69, 9.17) is 14.5 Å². The summed E-state index contributed by atoms with van der Waals surface area (Å²) in [6.45, 7) is 5.45. The topological polar surface area (TPSA) is 73.7 Å². The van der Waals surface area contributed by atoms with Crippen molar-refractivity contribution >= 4 is 23.2 Å². The molecule has 2 aliphatic rings. The molecular formula is C30H37N3O4S. The molecule has 1 saturated heterocycles. The molecule has 0 bridgehead atoms. The molecule has 0 radical (unpaired) electrons. The van der Waals surface area contributed by atoms with Crippen molar-refractivity contribution in [3.8, 4) is 27.7 Å². The van der Waals surface area contributed by atoms with Gasteiger partial charge in [0.15, 0.2) is 0 Å². The third kappa shape index (κ3) is 5.37. The van der Waals surface area contributed by atoms with E-state index in [1.165, 1.54) is 19.3 Å². The molecule has 0 spiro atoms. The van der Waals surface area contributed by atoms with Crippen LogP contribution in [0.4, 0.5) is 0 Å². The average molecular weight is 536 g/mol. The number of carbonyl (C=O) groups is 2. The van der Waals surface area contributed by atoms with Gasteiger partial charge in [-0.05, 0) is 69.9 Å². The second kappa shape index (κ2) is 11.7. The van der Waals surface area contributed by atoms with E-state index in [0.29, 0.717) is 38.6 Å². The second-order valence-electron chi connectivity index (χ2n) is 10.3. The first-order valence-corrected chi connectivity index (χ1v) is 14.7. The lowest BCUT2D eigenvalue weighted by atomic mass is 9.95. The minimum atomic E-state index is -0.141. The Hall–Kier alpha value is -3.13. The summed E-state index contributed by atoms with van der Waals surface area (Å²) in [4.78, 5) is 32.8. The van der Waals surface area contributed by atoms with E-state index in [2.05, 4.69) is 22.9 Å². The minimum Gasteiger partial charge on any atom is -0.497 e. The molecule has 8 heteroatoms. The number of benzene rings is 1. The molecule has 5 rings (SSSR count). The SMILES string of the molecule is CCOC(=O)C1CCN(C(=O)c2cc(-c3csc(-c4ccc(OC)cc4)n3)n(C3CCCCC3)c2C)CC1. The summed E-state index contributed by atoms with van der Waals surface area (Å²) in [5.41, 5.74) is 4.75. The molecule has 1 amide bonds. The number of piperidine rings is 1. The van der Waals surface area contributed by atoms with Crippen LogP contribution >= 0.6 is 11.3 Å². The Morgan fingerprint density at radius 2 is 1.76 bits per heavy atom. The van der Waals surface area contributed by atoms with Gasteiger partial charge in [-0.15, -0.1) is 11.3 Å². The molecular weight excluding hydrogens is 498 g/mol. The molecule has 38 heavy (non-hydrogen) atoms. The van der Waals surface area contributed by atoms with Crippen LogP contribution in [0.15, 0.2) is 35.7 Å². The zero-order valence-electron chi connectivity index (χ0n) is 22.6.